The maximum Gasteiger partial charge on any atom is 0.245 e. The van der Waals surface area contributed by atoms with Crippen LogP contribution in [0.4, 0.5) is 0 Å². The Bertz CT molecular complexity index is 4010. The second kappa shape index (κ2) is 42.4. The van der Waals surface area contributed by atoms with E-state index in [9.17, 15) is 54.0 Å². The number of phenols is 1. The number of nitrogens with two attached hydrogens (primary N) is 3. The molecule has 0 aliphatic carbocycles. The van der Waals surface area contributed by atoms with Gasteiger partial charge < -0.3 is 101 Å². The van der Waals surface area contributed by atoms with E-state index in [0.29, 0.717) is 61.7 Å². The molecule has 107 heavy (non-hydrogen) atoms. The number of halogens is 1. The predicted octanol–water partition coefficient (Wildman–Crippen LogP) is -0.572. The third kappa shape index (κ3) is 26.6. The molecule has 0 saturated carbocycles. The van der Waals surface area contributed by atoms with Gasteiger partial charge in [0, 0.05) is 73.3 Å². The number of carbonyl (C=O) groups is 11. The number of aromatic amines is 1. The van der Waals surface area contributed by atoms with Gasteiger partial charge in [0.2, 0.25) is 65.0 Å². The molecule has 1 aliphatic rings. The van der Waals surface area contributed by atoms with Crippen LogP contribution in [0, 0.1) is 3.57 Å². The van der Waals surface area contributed by atoms with Crippen molar-refractivity contribution in [3.05, 3.63) is 171 Å². The van der Waals surface area contributed by atoms with Crippen LogP contribution in [0.15, 0.2) is 134 Å². The van der Waals surface area contributed by atoms with Gasteiger partial charge in [-0.05, 0) is 114 Å². The first-order valence-electron chi connectivity index (χ1n) is 35.0. The van der Waals surface area contributed by atoms with Gasteiger partial charge in [0.05, 0.1) is 28.4 Å². The highest BCUT2D eigenvalue weighted by molar-refractivity contribution is 14.1. The summed E-state index contributed by atoms with van der Waals surface area (Å²) in [5.41, 5.74) is 22.1. The number of primary amides is 1. The van der Waals surface area contributed by atoms with Crippen LogP contribution in [-0.2, 0) is 91.4 Å². The molecule has 0 spiro atoms. The molecule has 5 aromatic carbocycles. The molecular formula is C74H96IN15O15S2. The Kier molecular flexibility index (Phi) is 33.7. The summed E-state index contributed by atoms with van der Waals surface area (Å²) in [5.74, 6) is -11.5. The molecule has 1 aliphatic heterocycles. The van der Waals surface area contributed by atoms with Crippen molar-refractivity contribution in [3.63, 3.8) is 0 Å². The fourth-order valence-electron chi connectivity index (χ4n) is 11.5. The molecule has 7 rings (SSSR count). The zero-order valence-corrected chi connectivity index (χ0v) is 63.5. The summed E-state index contributed by atoms with van der Waals surface area (Å²) >= 11 is 1.84. The second-order valence-electron chi connectivity index (χ2n) is 26.5. The lowest BCUT2D eigenvalue weighted by molar-refractivity contribution is -0.138. The smallest absolute Gasteiger partial charge is 0.245 e. The highest BCUT2D eigenvalue weighted by Crippen LogP contribution is 2.25. The number of phenolic OH excluding ortho intramolecular Hbond substituents is 1. The SMILES string of the molecule is CC(C)NCc1ccc(C[C@@H]2NC(=O)[C@@H](Cc3c[nH]c4ccccc34)NC(=O)[C@H](Cc3ccccc3)NC(=O)[C@H](Cc3ccccc3)NC(=O)[C@H](CCCCN)NC(=O)[C@@H](N)CSSC[C@@H](C(N)=O)NC(=O)[C@H](CO)NC(=O)[C@H]([C@@H](C)O)NC(=O)[C@H](Cc3ccc(O)c([125I])c3)NC(=O)[C@H]([C@@H](C)O)NC2=O)cc1. The number of para-hydroxylation sites is 1. The average molecular weight is 1620 g/mol. The molecule has 30 nitrogen and oxygen atoms in total. The van der Waals surface area contributed by atoms with Gasteiger partial charge in [-0.25, -0.2) is 0 Å². The number of rotatable bonds is 21. The van der Waals surface area contributed by atoms with Gasteiger partial charge >= 0.3 is 0 Å². The summed E-state index contributed by atoms with van der Waals surface area (Å²) in [4.78, 5) is 163. The largest absolute Gasteiger partial charge is 0.507 e. The van der Waals surface area contributed by atoms with Crippen molar-refractivity contribution in [2.45, 2.75) is 170 Å². The number of hydrogen-bond acceptors (Lipinski definition) is 20. The van der Waals surface area contributed by atoms with Crippen LogP contribution in [0.25, 0.3) is 10.9 Å². The van der Waals surface area contributed by atoms with Crippen LogP contribution in [0.2, 0.25) is 0 Å². The molecule has 0 unspecified atom stereocenters. The number of hydrogen-bond donors (Lipinski definition) is 19. The molecule has 0 radical (unpaired) electrons. The average Bonchev–Trinajstić information content (AvgIpc) is 1.76. The maximum absolute atomic E-state index is 15.6. The number of carbonyl (C=O) groups excluding carboxylic acids is 11. The van der Waals surface area contributed by atoms with Crippen molar-refractivity contribution in [2.24, 2.45) is 17.2 Å². The summed E-state index contributed by atoms with van der Waals surface area (Å²) in [6, 6.07) is 18.5. The highest BCUT2D eigenvalue weighted by Gasteiger charge is 2.39. The fourth-order valence-corrected chi connectivity index (χ4v) is 14.4. The minimum Gasteiger partial charge on any atom is -0.507 e. The molecule has 33 heteroatoms. The minimum absolute atomic E-state index is 0.0368. The Labute approximate surface area is 641 Å². The first-order valence-corrected chi connectivity index (χ1v) is 38.6. The standard InChI is InChI=1S/C74H96IN15O15S2/c1-40(2)79-35-46-24-22-45(23-25-46)32-56-70(101)89-62(41(3)92)73(104)86-57(33-47-26-27-61(94)50(75)29-47)71(102)90-63(42(4)93)74(105)87-59(37-91)72(103)88-60(64(78)95)39-107-106-38-51(77)65(96)81-53(21-13-14-28-76)66(97)82-54(30-43-15-7-5-8-16-43)67(98)83-55(31-44-17-9-6-10-18-44)68(99)85-58(69(100)84-56)34-48-36-80-52-20-12-11-19-49(48)52/h5-12,15-20,22-27,29,36,40-42,51,53-60,62-63,79-80,91-94H,13-14,21,28,30-35,37-39,76-77H2,1-4H3,(H2,78,95)(H,81,96)(H,82,97)(H,83,98)(H,84,100)(H,85,99)(H,86,104)(H,87,105)(H,88,103)(H,89,101)(H,90,102)/t41-,42-,51+,53+,54+,55+,56+,57+,58-,59+,60+,62+,63+/m1/s1/i75-2. The number of nitrogens with one attached hydrogen (secondary N) is 12. The van der Waals surface area contributed by atoms with Crippen LogP contribution < -0.4 is 75.7 Å². The van der Waals surface area contributed by atoms with E-state index in [2.05, 4.69) is 63.5 Å². The summed E-state index contributed by atoms with van der Waals surface area (Å²) < 4.78 is 0.327. The van der Waals surface area contributed by atoms with E-state index in [1.165, 1.54) is 25.1 Å². The highest BCUT2D eigenvalue weighted by atomic mass is 125. The lowest BCUT2D eigenvalue weighted by atomic mass is 9.99. The van der Waals surface area contributed by atoms with E-state index < -0.39 is 157 Å². The number of H-pyrrole nitrogens is 1. The van der Waals surface area contributed by atoms with Crippen LogP contribution in [0.5, 0.6) is 5.75 Å². The van der Waals surface area contributed by atoms with Gasteiger partial charge in [-0.2, -0.15) is 0 Å². The third-order valence-corrected chi connectivity index (χ3v) is 20.9. The number of aliphatic hydroxyl groups excluding tert-OH is 3. The molecule has 0 bridgehead atoms. The lowest BCUT2D eigenvalue weighted by Crippen LogP contribution is -2.63. The molecule has 22 N–H and O–H groups in total. The first-order chi connectivity index (χ1) is 51.1. The van der Waals surface area contributed by atoms with Crippen molar-refractivity contribution >= 4 is 120 Å². The molecule has 1 saturated heterocycles. The zero-order chi connectivity index (χ0) is 77.9. The van der Waals surface area contributed by atoms with Crippen molar-refractivity contribution < 1.29 is 73.2 Å². The minimum atomic E-state index is -1.93. The molecule has 13 atom stereocenters. The van der Waals surface area contributed by atoms with E-state index in [1.807, 2.05) is 54.6 Å². The van der Waals surface area contributed by atoms with E-state index in [0.717, 1.165) is 34.1 Å². The van der Waals surface area contributed by atoms with Gasteiger partial charge in [-0.1, -0.05) is 145 Å². The third-order valence-electron chi connectivity index (χ3n) is 17.5. The first kappa shape index (κ1) is 85.1. The number of benzene rings is 5. The Morgan fingerprint density at radius 1 is 0.505 bits per heavy atom. The topological polar surface area (TPSA) is 495 Å². The molecule has 576 valence electrons. The van der Waals surface area contributed by atoms with Gasteiger partial charge in [0.1, 0.15) is 66.2 Å². The van der Waals surface area contributed by atoms with E-state index in [4.69, 9.17) is 17.2 Å². The van der Waals surface area contributed by atoms with Crippen LogP contribution in [0.1, 0.15) is 80.3 Å². The van der Waals surface area contributed by atoms with E-state index in [-0.39, 0.29) is 61.9 Å². The Morgan fingerprint density at radius 2 is 0.925 bits per heavy atom. The molecule has 1 fully saturated rings. The Morgan fingerprint density at radius 3 is 1.42 bits per heavy atom. The van der Waals surface area contributed by atoms with E-state index >= 15 is 19.2 Å². The number of amides is 11. The van der Waals surface area contributed by atoms with Crippen LogP contribution >= 0.6 is 44.2 Å². The fraction of sp³-hybridized carbons (Fsp3) is 0.419. The predicted molar refractivity (Wildman–Crippen MR) is 414 cm³/mol. The van der Waals surface area contributed by atoms with Crippen molar-refractivity contribution in [2.75, 3.05) is 24.7 Å². The molecule has 2 heterocycles. The molecule has 6 aromatic rings. The number of fused-ring (bicyclic) bond motifs is 1. The van der Waals surface area contributed by atoms with Gasteiger partial charge in [-0.3, -0.25) is 52.7 Å². The summed E-state index contributed by atoms with van der Waals surface area (Å²) in [6.45, 7) is 5.90. The maximum atomic E-state index is 15.6. The summed E-state index contributed by atoms with van der Waals surface area (Å²) in [5, 5.41) is 73.6. The molecule has 1 aromatic heterocycles. The van der Waals surface area contributed by atoms with Gasteiger partial charge in [0.25, 0.3) is 0 Å². The van der Waals surface area contributed by atoms with Crippen molar-refractivity contribution in [3.8, 4) is 5.75 Å². The normalized spacial score (nSPS) is 23.6. The zero-order valence-electron chi connectivity index (χ0n) is 59.7. The van der Waals surface area contributed by atoms with Crippen molar-refractivity contribution in [1.29, 1.82) is 0 Å². The Hall–Kier alpha value is -9.20. The number of aromatic hydroxyl groups is 1. The second-order valence-corrected chi connectivity index (χ2v) is 30.2. The monoisotopic (exact) mass is 1620 g/mol. The number of unbranched alkanes of at least 4 members (excludes halogenated alkanes) is 1. The lowest BCUT2D eigenvalue weighted by Gasteiger charge is -2.29. The molecular weight excluding hydrogens is 1530 g/mol. The van der Waals surface area contributed by atoms with Crippen LogP contribution in [0.3, 0.4) is 0 Å². The number of aromatic nitrogens is 1. The van der Waals surface area contributed by atoms with Gasteiger partial charge in [0.15, 0.2) is 0 Å². The quantitative estimate of drug-likeness (QED) is 0.0244. The summed E-state index contributed by atoms with van der Waals surface area (Å²) in [6.07, 6.45) is -2.19. The van der Waals surface area contributed by atoms with Gasteiger partial charge in [-0.15, -0.1) is 0 Å². The van der Waals surface area contributed by atoms with Crippen molar-refractivity contribution in [1.82, 2.24) is 63.5 Å². The number of aliphatic hydroxyl groups is 3. The summed E-state index contributed by atoms with van der Waals surface area (Å²) in [7, 11) is 1.95. The Balaban J connectivity index is 1.33. The van der Waals surface area contributed by atoms with E-state index in [1.54, 1.807) is 97.2 Å². The molecule has 11 amide bonds. The van der Waals surface area contributed by atoms with Crippen LogP contribution in [-0.4, -0.2) is 200 Å².